The lowest BCUT2D eigenvalue weighted by molar-refractivity contribution is -0.138. The average Bonchev–Trinajstić information content (AvgIpc) is 2.87. The molecule has 1 aliphatic rings. The fraction of sp³-hybridized carbons (Fsp3) is 0.500. The Morgan fingerprint density at radius 3 is 2.68 bits per heavy atom. The van der Waals surface area contributed by atoms with Gasteiger partial charge in [-0.25, -0.2) is 0 Å². The van der Waals surface area contributed by atoms with Gasteiger partial charge in [-0.1, -0.05) is 24.6 Å². The Kier molecular flexibility index (Phi) is 7.94. The summed E-state index contributed by atoms with van der Waals surface area (Å²) in [7, 11) is 0. The molecule has 0 aliphatic carbocycles. The lowest BCUT2D eigenvalue weighted by atomic mass is 10.1. The van der Waals surface area contributed by atoms with Crippen LogP contribution in [0.3, 0.4) is 0 Å². The highest BCUT2D eigenvalue weighted by Gasteiger charge is 2.37. The van der Waals surface area contributed by atoms with Crippen LogP contribution < -0.4 is 5.32 Å². The Bertz CT molecular complexity index is 594. The minimum absolute atomic E-state index is 0.00762. The smallest absolute Gasteiger partial charge is 0.242 e. The minimum Gasteiger partial charge on any atom is -0.396 e. The number of aliphatic hydroxyl groups is 1. The highest BCUT2D eigenvalue weighted by molar-refractivity contribution is 8.00. The van der Waals surface area contributed by atoms with E-state index in [4.69, 9.17) is 5.11 Å². The first-order valence-corrected chi connectivity index (χ1v) is 9.58. The number of aliphatic hydroxyl groups excluding tert-OH is 1. The van der Waals surface area contributed by atoms with Crippen LogP contribution in [0.25, 0.3) is 0 Å². The van der Waals surface area contributed by atoms with E-state index in [0.29, 0.717) is 25.1 Å². The Morgan fingerprint density at radius 1 is 1.20 bits per heavy atom. The molecule has 2 rings (SSSR count). The fourth-order valence-electron chi connectivity index (χ4n) is 2.69. The fourth-order valence-corrected chi connectivity index (χ4v) is 3.61. The summed E-state index contributed by atoms with van der Waals surface area (Å²) in [6.45, 7) is 0.418. The van der Waals surface area contributed by atoms with Crippen molar-refractivity contribution in [2.45, 2.75) is 37.4 Å². The largest absolute Gasteiger partial charge is 0.396 e. The summed E-state index contributed by atoms with van der Waals surface area (Å²) in [5.74, 6) is 0.154. The second-order valence-electron chi connectivity index (χ2n) is 5.90. The maximum absolute atomic E-state index is 12.1. The number of unbranched alkanes of at least 4 members (excludes halogenated alkanes) is 2. The quantitative estimate of drug-likeness (QED) is 0.490. The third-order valence-electron chi connectivity index (χ3n) is 3.96. The average molecular weight is 364 g/mol. The van der Waals surface area contributed by atoms with Gasteiger partial charge in [-0.2, -0.15) is 0 Å². The number of hydrogen-bond acceptors (Lipinski definition) is 5. The summed E-state index contributed by atoms with van der Waals surface area (Å²) in [6.07, 6.45) is 2.85. The highest BCUT2D eigenvalue weighted by atomic mass is 32.2. The lowest BCUT2D eigenvalue weighted by Crippen LogP contribution is -2.32. The van der Waals surface area contributed by atoms with Crippen LogP contribution in [0.1, 0.15) is 32.1 Å². The summed E-state index contributed by atoms with van der Waals surface area (Å²) < 4.78 is 0. The van der Waals surface area contributed by atoms with E-state index in [9.17, 15) is 14.4 Å². The monoisotopic (exact) mass is 364 g/mol. The number of carbonyl (C=O) groups excluding carboxylic acids is 3. The second kappa shape index (κ2) is 10.2. The van der Waals surface area contributed by atoms with Crippen LogP contribution in [0.4, 0.5) is 5.69 Å². The van der Waals surface area contributed by atoms with E-state index in [1.54, 1.807) is 0 Å². The predicted molar refractivity (Wildman–Crippen MR) is 98.2 cm³/mol. The van der Waals surface area contributed by atoms with E-state index in [1.165, 1.54) is 16.7 Å². The topological polar surface area (TPSA) is 86.7 Å². The second-order valence-corrected chi connectivity index (χ2v) is 7.21. The number of rotatable bonds is 10. The van der Waals surface area contributed by atoms with Crippen molar-refractivity contribution in [2.75, 3.05) is 24.2 Å². The molecule has 0 saturated carbocycles. The van der Waals surface area contributed by atoms with Crippen LogP contribution in [0, 0.1) is 0 Å². The molecule has 1 aromatic rings. The molecule has 1 aliphatic heterocycles. The van der Waals surface area contributed by atoms with Crippen molar-refractivity contribution in [3.8, 4) is 0 Å². The van der Waals surface area contributed by atoms with Gasteiger partial charge in [-0.15, -0.1) is 11.8 Å². The number of para-hydroxylation sites is 1. The maximum atomic E-state index is 12.1. The van der Waals surface area contributed by atoms with Gasteiger partial charge in [0.05, 0.1) is 11.9 Å². The summed E-state index contributed by atoms with van der Waals surface area (Å²) in [5.41, 5.74) is 0.784. The van der Waals surface area contributed by atoms with Crippen LogP contribution in [0.15, 0.2) is 30.3 Å². The third kappa shape index (κ3) is 6.17. The van der Waals surface area contributed by atoms with E-state index in [2.05, 4.69) is 5.32 Å². The molecule has 1 saturated heterocycles. The minimum atomic E-state index is -0.351. The van der Waals surface area contributed by atoms with Gasteiger partial charge < -0.3 is 10.4 Å². The van der Waals surface area contributed by atoms with Crippen LogP contribution in [-0.4, -0.2) is 51.9 Å². The summed E-state index contributed by atoms with van der Waals surface area (Å²) in [6, 6.07) is 9.31. The van der Waals surface area contributed by atoms with Crippen molar-refractivity contribution in [2.24, 2.45) is 0 Å². The number of thioether (sulfide) groups is 1. The first kappa shape index (κ1) is 19.5. The standard InChI is InChI=1S/C18H24N2O4S/c21-11-12-25-15-13-17(23)20(18(15)24)10-6-2-5-9-16(22)19-14-7-3-1-4-8-14/h1,3-4,7-8,15,21H,2,5-6,9-13H2,(H,19,22). The van der Waals surface area contributed by atoms with E-state index >= 15 is 0 Å². The summed E-state index contributed by atoms with van der Waals surface area (Å²) >= 11 is 1.33. The lowest BCUT2D eigenvalue weighted by Gasteiger charge is -2.14. The van der Waals surface area contributed by atoms with Gasteiger partial charge in [0.1, 0.15) is 0 Å². The zero-order valence-electron chi connectivity index (χ0n) is 14.1. The maximum Gasteiger partial charge on any atom is 0.242 e. The molecule has 0 aromatic heterocycles. The van der Waals surface area contributed by atoms with Gasteiger partial charge in [0.25, 0.3) is 0 Å². The molecule has 1 atom stereocenters. The molecule has 1 aromatic carbocycles. The van der Waals surface area contributed by atoms with E-state index < -0.39 is 0 Å². The number of anilines is 1. The highest BCUT2D eigenvalue weighted by Crippen LogP contribution is 2.25. The Balaban J connectivity index is 1.62. The number of hydrogen-bond donors (Lipinski definition) is 2. The number of benzene rings is 1. The molecule has 0 radical (unpaired) electrons. The SMILES string of the molecule is O=C(CCCCCN1C(=O)CC(SCCO)C1=O)Nc1ccccc1. The van der Waals surface area contributed by atoms with Gasteiger partial charge in [0, 0.05) is 30.8 Å². The van der Waals surface area contributed by atoms with E-state index in [1.807, 2.05) is 30.3 Å². The molecule has 0 bridgehead atoms. The first-order valence-electron chi connectivity index (χ1n) is 8.53. The molecule has 1 fully saturated rings. The molecule has 1 unspecified atom stereocenters. The molecule has 1 heterocycles. The molecule has 6 nitrogen and oxygen atoms in total. The Morgan fingerprint density at radius 2 is 1.96 bits per heavy atom. The number of amides is 3. The molecule has 2 N–H and O–H groups in total. The molecule has 3 amide bonds. The Labute approximate surface area is 152 Å². The van der Waals surface area contributed by atoms with E-state index in [0.717, 1.165) is 18.5 Å². The van der Waals surface area contributed by atoms with Gasteiger partial charge in [0.15, 0.2) is 0 Å². The summed E-state index contributed by atoms with van der Waals surface area (Å²) in [5, 5.41) is 11.3. The summed E-state index contributed by atoms with van der Waals surface area (Å²) in [4.78, 5) is 37.2. The van der Waals surface area contributed by atoms with Crippen molar-refractivity contribution in [1.29, 1.82) is 0 Å². The molecular formula is C18H24N2O4S. The zero-order chi connectivity index (χ0) is 18.1. The zero-order valence-corrected chi connectivity index (χ0v) is 15.0. The number of nitrogens with one attached hydrogen (secondary N) is 1. The van der Waals surface area contributed by atoms with Crippen molar-refractivity contribution in [3.63, 3.8) is 0 Å². The molecule has 136 valence electrons. The van der Waals surface area contributed by atoms with Gasteiger partial charge in [0.2, 0.25) is 17.7 Å². The predicted octanol–water partition coefficient (Wildman–Crippen LogP) is 2.04. The number of likely N-dealkylation sites (tertiary alicyclic amines) is 1. The third-order valence-corrected chi connectivity index (χ3v) is 5.14. The Hall–Kier alpha value is -1.86. The van der Waals surface area contributed by atoms with Crippen molar-refractivity contribution >= 4 is 35.2 Å². The molecule has 0 spiro atoms. The van der Waals surface area contributed by atoms with Gasteiger partial charge in [-0.05, 0) is 25.0 Å². The van der Waals surface area contributed by atoms with Crippen molar-refractivity contribution in [1.82, 2.24) is 4.90 Å². The number of carbonyl (C=O) groups is 3. The van der Waals surface area contributed by atoms with Gasteiger partial charge >= 0.3 is 0 Å². The molecule has 7 heteroatoms. The van der Waals surface area contributed by atoms with Crippen LogP contribution in [0.5, 0.6) is 0 Å². The molecule has 25 heavy (non-hydrogen) atoms. The van der Waals surface area contributed by atoms with E-state index in [-0.39, 0.29) is 36.0 Å². The van der Waals surface area contributed by atoms with Crippen LogP contribution in [0.2, 0.25) is 0 Å². The number of imide groups is 1. The number of nitrogens with zero attached hydrogens (tertiary/aromatic N) is 1. The first-order chi connectivity index (χ1) is 12.1. The van der Waals surface area contributed by atoms with Crippen LogP contribution >= 0.6 is 11.8 Å². The molecular weight excluding hydrogens is 340 g/mol. The normalized spacial score (nSPS) is 17.2. The van der Waals surface area contributed by atoms with Crippen molar-refractivity contribution in [3.05, 3.63) is 30.3 Å². The van der Waals surface area contributed by atoms with Crippen LogP contribution in [-0.2, 0) is 14.4 Å². The van der Waals surface area contributed by atoms with Gasteiger partial charge in [-0.3, -0.25) is 19.3 Å². The van der Waals surface area contributed by atoms with Crippen molar-refractivity contribution < 1.29 is 19.5 Å².